The lowest BCUT2D eigenvalue weighted by molar-refractivity contribution is -0.144. The van der Waals surface area contributed by atoms with Crippen molar-refractivity contribution in [3.8, 4) is 0 Å². The second kappa shape index (κ2) is 4.79. The summed E-state index contributed by atoms with van der Waals surface area (Å²) in [5.74, 6) is -1.03. The average molecular weight is 253 g/mol. The molecule has 0 saturated carbocycles. The summed E-state index contributed by atoms with van der Waals surface area (Å²) in [6.07, 6.45) is 0. The van der Waals surface area contributed by atoms with E-state index in [1.54, 1.807) is 19.9 Å². The summed E-state index contributed by atoms with van der Waals surface area (Å²) in [6.45, 7) is 3.85. The minimum Gasteiger partial charge on any atom is -0.465 e. The Balaban J connectivity index is 2.33. The first-order valence-electron chi connectivity index (χ1n) is 5.34. The topological polar surface area (TPSA) is 39.2 Å². The van der Waals surface area contributed by atoms with Crippen molar-refractivity contribution in [2.75, 3.05) is 6.61 Å². The molecule has 1 aromatic carbocycles. The van der Waals surface area contributed by atoms with Crippen LogP contribution < -0.4 is 0 Å². The highest BCUT2D eigenvalue weighted by atomic mass is 32.1. The Kier molecular flexibility index (Phi) is 3.38. The van der Waals surface area contributed by atoms with Crippen molar-refractivity contribution in [2.45, 2.75) is 19.8 Å². The minimum atomic E-state index is -0.407. The van der Waals surface area contributed by atoms with Gasteiger partial charge in [0.25, 0.3) is 0 Å². The predicted molar refractivity (Wildman–Crippen MR) is 64.6 cm³/mol. The first kappa shape index (κ1) is 12.0. The molecule has 0 aliphatic rings. The van der Waals surface area contributed by atoms with Crippen molar-refractivity contribution >= 4 is 27.5 Å². The highest BCUT2D eigenvalue weighted by Gasteiger charge is 2.20. The van der Waals surface area contributed by atoms with E-state index in [0.717, 1.165) is 4.70 Å². The van der Waals surface area contributed by atoms with Crippen LogP contribution in [0.5, 0.6) is 0 Å². The van der Waals surface area contributed by atoms with E-state index in [1.807, 2.05) is 0 Å². The van der Waals surface area contributed by atoms with E-state index in [2.05, 4.69) is 4.98 Å². The van der Waals surface area contributed by atoms with Crippen molar-refractivity contribution in [3.63, 3.8) is 0 Å². The lowest BCUT2D eigenvalue weighted by Gasteiger charge is -2.06. The van der Waals surface area contributed by atoms with Crippen molar-refractivity contribution in [3.05, 3.63) is 29.0 Å². The largest absolute Gasteiger partial charge is 0.465 e. The van der Waals surface area contributed by atoms with Crippen molar-refractivity contribution < 1.29 is 13.9 Å². The van der Waals surface area contributed by atoms with Gasteiger partial charge in [0.1, 0.15) is 16.7 Å². The Bertz CT molecular complexity index is 552. The molecule has 5 heteroatoms. The van der Waals surface area contributed by atoms with Crippen LogP contribution in [0.1, 0.15) is 24.8 Å². The molecule has 2 rings (SSSR count). The maximum Gasteiger partial charge on any atom is 0.315 e. The molecule has 17 heavy (non-hydrogen) atoms. The van der Waals surface area contributed by atoms with Crippen LogP contribution in [0.4, 0.5) is 4.39 Å². The van der Waals surface area contributed by atoms with Gasteiger partial charge in [-0.1, -0.05) is 0 Å². The number of nitrogens with zero attached hydrogens (tertiary/aromatic N) is 1. The van der Waals surface area contributed by atoms with E-state index >= 15 is 0 Å². The van der Waals surface area contributed by atoms with Gasteiger partial charge in [-0.3, -0.25) is 4.79 Å². The Labute approximate surface area is 102 Å². The van der Waals surface area contributed by atoms with Gasteiger partial charge < -0.3 is 4.74 Å². The van der Waals surface area contributed by atoms with Gasteiger partial charge in [0.2, 0.25) is 0 Å². The number of fused-ring (bicyclic) bond motifs is 1. The third kappa shape index (κ3) is 2.44. The van der Waals surface area contributed by atoms with E-state index in [9.17, 15) is 9.18 Å². The molecule has 1 unspecified atom stereocenters. The minimum absolute atomic E-state index is 0.299. The zero-order valence-corrected chi connectivity index (χ0v) is 10.4. The molecular weight excluding hydrogens is 241 g/mol. The fourth-order valence-corrected chi connectivity index (χ4v) is 2.46. The number of ether oxygens (including phenoxy) is 1. The number of aromatic nitrogens is 1. The normalized spacial score (nSPS) is 12.6. The number of thiazole rings is 1. The molecule has 0 radical (unpaired) electrons. The molecule has 0 spiro atoms. The van der Waals surface area contributed by atoms with Gasteiger partial charge in [0.05, 0.1) is 16.8 Å². The second-order valence-electron chi connectivity index (χ2n) is 3.64. The molecule has 0 aliphatic heterocycles. The summed E-state index contributed by atoms with van der Waals surface area (Å²) >= 11 is 1.39. The smallest absolute Gasteiger partial charge is 0.315 e. The maximum atomic E-state index is 13.0. The Hall–Kier alpha value is -1.49. The number of esters is 1. The summed E-state index contributed by atoms with van der Waals surface area (Å²) in [4.78, 5) is 15.8. The Morgan fingerprint density at radius 3 is 3.06 bits per heavy atom. The van der Waals surface area contributed by atoms with Crippen LogP contribution in [0.2, 0.25) is 0 Å². The third-order valence-electron chi connectivity index (χ3n) is 2.38. The molecule has 2 aromatic rings. The lowest BCUT2D eigenvalue weighted by atomic mass is 10.2. The molecule has 0 bridgehead atoms. The Morgan fingerprint density at radius 2 is 2.35 bits per heavy atom. The molecule has 0 saturated heterocycles. The lowest BCUT2D eigenvalue weighted by Crippen LogP contribution is -2.12. The number of hydrogen-bond donors (Lipinski definition) is 0. The molecule has 1 aromatic heterocycles. The number of hydrogen-bond acceptors (Lipinski definition) is 4. The summed E-state index contributed by atoms with van der Waals surface area (Å²) < 4.78 is 18.8. The molecule has 1 heterocycles. The number of carbonyl (C=O) groups is 1. The van der Waals surface area contributed by atoms with Gasteiger partial charge in [-0.25, -0.2) is 9.37 Å². The summed E-state index contributed by atoms with van der Waals surface area (Å²) in [7, 11) is 0. The Morgan fingerprint density at radius 1 is 1.59 bits per heavy atom. The molecular formula is C12H12FNO2S. The fraction of sp³-hybridized carbons (Fsp3) is 0.333. The van der Waals surface area contributed by atoms with Crippen molar-refractivity contribution in [1.29, 1.82) is 0 Å². The molecule has 90 valence electrons. The summed E-state index contributed by atoms with van der Waals surface area (Å²) in [5, 5.41) is 0.657. The van der Waals surface area contributed by atoms with Gasteiger partial charge in [-0.05, 0) is 26.0 Å². The molecule has 0 amide bonds. The standard InChI is InChI=1S/C12H12FNO2S/c1-3-16-12(15)7(2)11-14-9-6-8(13)4-5-10(9)17-11/h4-7H,3H2,1-2H3. The van der Waals surface area contributed by atoms with Crippen LogP contribution in [0.25, 0.3) is 10.2 Å². The second-order valence-corrected chi connectivity index (χ2v) is 4.70. The summed E-state index contributed by atoms with van der Waals surface area (Å²) in [5.41, 5.74) is 0.584. The monoisotopic (exact) mass is 253 g/mol. The molecule has 1 atom stereocenters. The fourth-order valence-electron chi connectivity index (χ4n) is 1.47. The van der Waals surface area contributed by atoms with Crippen LogP contribution >= 0.6 is 11.3 Å². The molecule has 0 fully saturated rings. The number of rotatable bonds is 3. The predicted octanol–water partition coefficient (Wildman–Crippen LogP) is 3.10. The average Bonchev–Trinajstić information content (AvgIpc) is 2.71. The quantitative estimate of drug-likeness (QED) is 0.789. The van der Waals surface area contributed by atoms with Gasteiger partial charge in [-0.15, -0.1) is 11.3 Å². The highest BCUT2D eigenvalue weighted by Crippen LogP contribution is 2.28. The third-order valence-corrected chi connectivity index (χ3v) is 3.60. The van der Waals surface area contributed by atoms with Crippen molar-refractivity contribution in [1.82, 2.24) is 4.98 Å². The van der Waals surface area contributed by atoms with Crippen LogP contribution in [0, 0.1) is 5.82 Å². The first-order valence-corrected chi connectivity index (χ1v) is 6.16. The zero-order chi connectivity index (χ0) is 12.4. The highest BCUT2D eigenvalue weighted by molar-refractivity contribution is 7.18. The number of halogens is 1. The van der Waals surface area contributed by atoms with Gasteiger partial charge in [0.15, 0.2) is 0 Å². The van der Waals surface area contributed by atoms with Crippen molar-refractivity contribution in [2.24, 2.45) is 0 Å². The van der Waals surface area contributed by atoms with Crippen LogP contribution in [-0.2, 0) is 9.53 Å². The van der Waals surface area contributed by atoms with Gasteiger partial charge >= 0.3 is 5.97 Å². The SMILES string of the molecule is CCOC(=O)C(C)c1nc2cc(F)ccc2s1. The summed E-state index contributed by atoms with van der Waals surface area (Å²) in [6, 6.07) is 4.43. The van der Waals surface area contributed by atoms with Crippen LogP contribution in [-0.4, -0.2) is 17.6 Å². The molecule has 0 aliphatic carbocycles. The van der Waals surface area contributed by atoms with E-state index in [0.29, 0.717) is 17.1 Å². The zero-order valence-electron chi connectivity index (χ0n) is 9.57. The first-order chi connectivity index (χ1) is 8.11. The van der Waals surface area contributed by atoms with E-state index in [1.165, 1.54) is 23.5 Å². The van der Waals surface area contributed by atoms with E-state index in [-0.39, 0.29) is 11.8 Å². The van der Waals surface area contributed by atoms with Crippen LogP contribution in [0.15, 0.2) is 18.2 Å². The van der Waals surface area contributed by atoms with E-state index in [4.69, 9.17) is 4.74 Å². The maximum absolute atomic E-state index is 13.0. The molecule has 3 nitrogen and oxygen atoms in total. The molecule has 0 N–H and O–H groups in total. The number of carbonyl (C=O) groups excluding carboxylic acids is 1. The van der Waals surface area contributed by atoms with Gasteiger partial charge in [-0.2, -0.15) is 0 Å². The van der Waals surface area contributed by atoms with Crippen LogP contribution in [0.3, 0.4) is 0 Å². The number of benzene rings is 1. The van der Waals surface area contributed by atoms with Gasteiger partial charge in [0, 0.05) is 6.07 Å². The van der Waals surface area contributed by atoms with E-state index < -0.39 is 5.92 Å².